The van der Waals surface area contributed by atoms with Gasteiger partial charge < -0.3 is 10.1 Å². The largest absolute Gasteiger partial charge is 0.455 e. The molecule has 0 saturated carbocycles. The predicted molar refractivity (Wildman–Crippen MR) is 118 cm³/mol. The molecular weight excluding hydrogens is 374 g/mol. The van der Waals surface area contributed by atoms with E-state index >= 15 is 0 Å². The minimum Gasteiger partial charge on any atom is -0.455 e. The number of carbonyl (C=O) groups is 2. The molecule has 0 aliphatic carbocycles. The van der Waals surface area contributed by atoms with Gasteiger partial charge in [-0.05, 0) is 22.6 Å². The van der Waals surface area contributed by atoms with Crippen LogP contribution in [0.5, 0.6) is 0 Å². The van der Waals surface area contributed by atoms with Crippen molar-refractivity contribution in [2.45, 2.75) is 5.92 Å². The number of amides is 1. The highest BCUT2D eigenvalue weighted by Gasteiger charge is 2.24. The lowest BCUT2D eigenvalue weighted by atomic mass is 9.91. The Balaban J connectivity index is 1.47. The molecule has 0 spiro atoms. The van der Waals surface area contributed by atoms with E-state index in [2.05, 4.69) is 5.32 Å². The summed E-state index contributed by atoms with van der Waals surface area (Å²) in [6.45, 7) is -0.349. The van der Waals surface area contributed by atoms with Crippen molar-refractivity contribution in [1.29, 1.82) is 0 Å². The first-order valence-electron chi connectivity index (χ1n) is 9.76. The second-order valence-corrected chi connectivity index (χ2v) is 6.94. The Morgan fingerprint density at radius 2 is 1.27 bits per heavy atom. The van der Waals surface area contributed by atoms with Gasteiger partial charge in [0, 0.05) is 11.1 Å². The molecule has 0 aromatic heterocycles. The number of nitrogens with one attached hydrogen (secondary N) is 1. The van der Waals surface area contributed by atoms with Gasteiger partial charge in [-0.3, -0.25) is 9.59 Å². The van der Waals surface area contributed by atoms with Crippen molar-refractivity contribution in [3.63, 3.8) is 0 Å². The van der Waals surface area contributed by atoms with E-state index in [4.69, 9.17) is 4.74 Å². The summed E-state index contributed by atoms with van der Waals surface area (Å²) in [5.74, 6) is -1.42. The number of hydrogen-bond donors (Lipinski definition) is 1. The van der Waals surface area contributed by atoms with Crippen molar-refractivity contribution in [3.8, 4) is 0 Å². The Morgan fingerprint density at radius 1 is 0.700 bits per heavy atom. The van der Waals surface area contributed by atoms with Gasteiger partial charge in [-0.25, -0.2) is 0 Å². The van der Waals surface area contributed by atoms with Gasteiger partial charge in [-0.15, -0.1) is 0 Å². The van der Waals surface area contributed by atoms with Crippen LogP contribution in [0.1, 0.15) is 17.0 Å². The molecule has 4 aromatic carbocycles. The predicted octanol–water partition coefficient (Wildman–Crippen LogP) is 5.15. The van der Waals surface area contributed by atoms with Crippen LogP contribution in [0.15, 0.2) is 103 Å². The monoisotopic (exact) mass is 395 g/mol. The maximum atomic E-state index is 12.9. The minimum absolute atomic E-state index is 0.349. The fourth-order valence-corrected chi connectivity index (χ4v) is 3.50. The smallest absolute Gasteiger partial charge is 0.318 e. The van der Waals surface area contributed by atoms with Crippen LogP contribution < -0.4 is 5.32 Å². The first kappa shape index (κ1) is 19.4. The van der Waals surface area contributed by atoms with Crippen molar-refractivity contribution >= 4 is 28.3 Å². The molecule has 0 radical (unpaired) electrons. The van der Waals surface area contributed by atoms with Crippen LogP contribution in [0.2, 0.25) is 0 Å². The van der Waals surface area contributed by atoms with Gasteiger partial charge in [-0.1, -0.05) is 97.1 Å². The molecule has 4 rings (SSSR count). The second-order valence-electron chi connectivity index (χ2n) is 6.94. The van der Waals surface area contributed by atoms with Crippen LogP contribution in [0, 0.1) is 0 Å². The van der Waals surface area contributed by atoms with Gasteiger partial charge in [0.05, 0.1) is 0 Å². The maximum absolute atomic E-state index is 12.9. The van der Waals surface area contributed by atoms with E-state index in [1.807, 2.05) is 103 Å². The number of rotatable bonds is 6. The Labute approximate surface area is 175 Å². The molecule has 0 bridgehead atoms. The summed E-state index contributed by atoms with van der Waals surface area (Å²) in [7, 11) is 0. The Hall–Kier alpha value is -3.92. The van der Waals surface area contributed by atoms with Crippen LogP contribution in [0.25, 0.3) is 10.8 Å². The Bertz CT molecular complexity index is 1110. The molecule has 4 heteroatoms. The third-order valence-electron chi connectivity index (χ3n) is 4.91. The number of ether oxygens (including phenoxy) is 1. The zero-order valence-corrected chi connectivity index (χ0v) is 16.3. The Morgan fingerprint density at radius 3 is 1.93 bits per heavy atom. The zero-order valence-electron chi connectivity index (χ0n) is 16.3. The Kier molecular flexibility index (Phi) is 5.85. The van der Waals surface area contributed by atoms with Crippen molar-refractivity contribution in [1.82, 2.24) is 0 Å². The lowest BCUT2D eigenvalue weighted by Crippen LogP contribution is -2.24. The topological polar surface area (TPSA) is 55.4 Å². The fraction of sp³-hybridized carbons (Fsp3) is 0.0769. The summed E-state index contributed by atoms with van der Waals surface area (Å²) >= 11 is 0. The summed E-state index contributed by atoms with van der Waals surface area (Å²) in [5.41, 5.74) is 2.34. The molecule has 0 aliphatic heterocycles. The van der Waals surface area contributed by atoms with E-state index in [1.54, 1.807) is 0 Å². The van der Waals surface area contributed by atoms with Gasteiger partial charge in [0.2, 0.25) is 0 Å². The summed E-state index contributed by atoms with van der Waals surface area (Å²) in [4.78, 5) is 25.4. The molecule has 0 unspecified atom stereocenters. The molecule has 4 nitrogen and oxygen atoms in total. The summed E-state index contributed by atoms with van der Waals surface area (Å²) < 4.78 is 5.41. The first-order valence-corrected chi connectivity index (χ1v) is 9.76. The molecular formula is C26H21NO3. The van der Waals surface area contributed by atoms with E-state index in [-0.39, 0.29) is 12.5 Å². The standard InChI is InChI=1S/C26H21NO3/c28-24(27-23-17-9-15-19-10-7-8-16-22(19)23)18-30-26(29)25(20-11-3-1-4-12-20)21-13-5-2-6-14-21/h1-17,25H,18H2,(H,27,28). The molecule has 0 heterocycles. The number of fused-ring (bicyclic) bond motifs is 1. The zero-order chi connectivity index (χ0) is 20.8. The van der Waals surface area contributed by atoms with Crippen LogP contribution >= 0.6 is 0 Å². The second kappa shape index (κ2) is 9.05. The molecule has 0 saturated heterocycles. The highest BCUT2D eigenvalue weighted by Crippen LogP contribution is 2.26. The minimum atomic E-state index is -0.585. The average Bonchev–Trinajstić information content (AvgIpc) is 2.80. The summed E-state index contributed by atoms with van der Waals surface area (Å²) in [6, 6.07) is 32.3. The van der Waals surface area contributed by atoms with Crippen LogP contribution in [-0.4, -0.2) is 18.5 Å². The molecule has 30 heavy (non-hydrogen) atoms. The van der Waals surface area contributed by atoms with Crippen LogP contribution in [0.4, 0.5) is 5.69 Å². The van der Waals surface area contributed by atoms with Gasteiger partial charge in [0.1, 0.15) is 5.92 Å². The van der Waals surface area contributed by atoms with Gasteiger partial charge in [0.15, 0.2) is 6.61 Å². The molecule has 0 atom stereocenters. The number of anilines is 1. The van der Waals surface area contributed by atoms with Crippen molar-refractivity contribution in [2.24, 2.45) is 0 Å². The molecule has 4 aromatic rings. The highest BCUT2D eigenvalue weighted by molar-refractivity contribution is 6.02. The SMILES string of the molecule is O=C(COC(=O)C(c1ccccc1)c1ccccc1)Nc1cccc2ccccc12. The maximum Gasteiger partial charge on any atom is 0.318 e. The lowest BCUT2D eigenvalue weighted by Gasteiger charge is -2.17. The van der Waals surface area contributed by atoms with Gasteiger partial charge in [0.25, 0.3) is 5.91 Å². The highest BCUT2D eigenvalue weighted by atomic mass is 16.5. The molecule has 1 amide bonds. The summed E-state index contributed by atoms with van der Waals surface area (Å²) in [6.07, 6.45) is 0. The number of hydrogen-bond acceptors (Lipinski definition) is 3. The number of carbonyl (C=O) groups excluding carboxylic acids is 2. The van der Waals surface area contributed by atoms with Crippen LogP contribution in [0.3, 0.4) is 0 Å². The molecule has 0 fully saturated rings. The van der Waals surface area contributed by atoms with Gasteiger partial charge in [-0.2, -0.15) is 0 Å². The van der Waals surface area contributed by atoms with Gasteiger partial charge >= 0.3 is 5.97 Å². The van der Waals surface area contributed by atoms with E-state index in [9.17, 15) is 9.59 Å². The third-order valence-corrected chi connectivity index (χ3v) is 4.91. The van der Waals surface area contributed by atoms with Crippen LogP contribution in [-0.2, 0) is 14.3 Å². The molecule has 0 aliphatic rings. The quantitative estimate of drug-likeness (QED) is 0.459. The van der Waals surface area contributed by atoms with E-state index in [0.717, 1.165) is 21.9 Å². The number of esters is 1. The lowest BCUT2D eigenvalue weighted by molar-refractivity contribution is -0.147. The average molecular weight is 395 g/mol. The molecule has 148 valence electrons. The molecule has 1 N–H and O–H groups in total. The summed E-state index contributed by atoms with van der Waals surface area (Å²) in [5, 5.41) is 4.81. The van der Waals surface area contributed by atoms with E-state index in [1.165, 1.54) is 0 Å². The first-order chi connectivity index (χ1) is 14.7. The van der Waals surface area contributed by atoms with E-state index < -0.39 is 11.9 Å². The third kappa shape index (κ3) is 4.39. The van der Waals surface area contributed by atoms with Crippen molar-refractivity contribution in [3.05, 3.63) is 114 Å². The van der Waals surface area contributed by atoms with Crippen molar-refractivity contribution in [2.75, 3.05) is 11.9 Å². The fourth-order valence-electron chi connectivity index (χ4n) is 3.50. The van der Waals surface area contributed by atoms with Crippen molar-refractivity contribution < 1.29 is 14.3 Å². The number of benzene rings is 4. The normalized spacial score (nSPS) is 10.7. The van der Waals surface area contributed by atoms with E-state index in [0.29, 0.717) is 5.69 Å².